The zero-order valence-corrected chi connectivity index (χ0v) is 10.2. The average molecular weight is 233 g/mol. The summed E-state index contributed by atoms with van der Waals surface area (Å²) in [6.45, 7) is 3.97. The summed E-state index contributed by atoms with van der Waals surface area (Å²) in [4.78, 5) is 15.6. The van der Waals surface area contributed by atoms with Gasteiger partial charge in [-0.3, -0.25) is 9.78 Å². The Morgan fingerprint density at radius 1 is 1.53 bits per heavy atom. The molecule has 0 saturated heterocycles. The van der Waals surface area contributed by atoms with E-state index in [1.54, 1.807) is 6.20 Å². The number of nitrogens with zero attached hydrogens (tertiary/aromatic N) is 1. The second-order valence-electron chi connectivity index (χ2n) is 4.65. The summed E-state index contributed by atoms with van der Waals surface area (Å²) in [5.74, 6) is 0.868. The van der Waals surface area contributed by atoms with Gasteiger partial charge in [-0.2, -0.15) is 0 Å². The number of aryl methyl sites for hydroxylation is 1. The highest BCUT2D eigenvalue weighted by Gasteiger charge is 2.20. The van der Waals surface area contributed by atoms with E-state index in [4.69, 9.17) is 0 Å². The number of hydrogen-bond donors (Lipinski definition) is 2. The Labute approximate surface area is 102 Å². The summed E-state index contributed by atoms with van der Waals surface area (Å²) in [6.07, 6.45) is 6.18. The third kappa shape index (κ3) is 4.15. The molecule has 4 heteroatoms. The van der Waals surface area contributed by atoms with Gasteiger partial charge < -0.3 is 10.6 Å². The van der Waals surface area contributed by atoms with Crippen molar-refractivity contribution in [2.45, 2.75) is 26.3 Å². The van der Waals surface area contributed by atoms with Crippen molar-refractivity contribution in [2.75, 3.05) is 13.1 Å². The van der Waals surface area contributed by atoms with Crippen LogP contribution in [0.4, 0.5) is 0 Å². The van der Waals surface area contributed by atoms with Crippen molar-refractivity contribution in [3.8, 4) is 0 Å². The third-order valence-corrected chi connectivity index (χ3v) is 3.03. The van der Waals surface area contributed by atoms with Crippen molar-refractivity contribution in [1.29, 1.82) is 0 Å². The molecule has 0 atom stereocenters. The summed E-state index contributed by atoms with van der Waals surface area (Å²) in [6, 6.07) is 1.94. The maximum absolute atomic E-state index is 11.5. The smallest absolute Gasteiger partial charge is 0.234 e. The molecule has 4 nitrogen and oxygen atoms in total. The fraction of sp³-hybridized carbons (Fsp3) is 0.538. The molecular weight excluding hydrogens is 214 g/mol. The Bertz CT molecular complexity index is 388. The number of carbonyl (C=O) groups is 1. The maximum atomic E-state index is 11.5. The minimum Gasteiger partial charge on any atom is -0.351 e. The SMILES string of the molecule is Cc1cnccc1CNC(=O)CNCC1CC1. The second-order valence-corrected chi connectivity index (χ2v) is 4.65. The van der Waals surface area contributed by atoms with E-state index in [1.807, 2.05) is 19.2 Å². The molecular formula is C13H19N3O. The lowest BCUT2D eigenvalue weighted by Gasteiger charge is -2.08. The number of amides is 1. The number of hydrogen-bond acceptors (Lipinski definition) is 3. The third-order valence-electron chi connectivity index (χ3n) is 3.03. The van der Waals surface area contributed by atoms with Crippen molar-refractivity contribution >= 4 is 5.91 Å². The number of carbonyl (C=O) groups excluding carboxylic acids is 1. The molecule has 1 fully saturated rings. The van der Waals surface area contributed by atoms with Crippen LogP contribution >= 0.6 is 0 Å². The van der Waals surface area contributed by atoms with E-state index < -0.39 is 0 Å². The van der Waals surface area contributed by atoms with Gasteiger partial charge in [0.1, 0.15) is 0 Å². The summed E-state index contributed by atoms with van der Waals surface area (Å²) in [5, 5.41) is 6.08. The molecule has 1 aromatic rings. The van der Waals surface area contributed by atoms with Crippen LogP contribution in [0.1, 0.15) is 24.0 Å². The zero-order valence-electron chi connectivity index (χ0n) is 10.2. The van der Waals surface area contributed by atoms with Crippen LogP contribution in [0.25, 0.3) is 0 Å². The highest BCUT2D eigenvalue weighted by atomic mass is 16.1. The fourth-order valence-corrected chi connectivity index (χ4v) is 1.67. The Hall–Kier alpha value is -1.42. The van der Waals surface area contributed by atoms with Crippen LogP contribution in [0.2, 0.25) is 0 Å². The van der Waals surface area contributed by atoms with Gasteiger partial charge in [-0.15, -0.1) is 0 Å². The molecule has 0 aliphatic heterocycles. The first-order valence-electron chi connectivity index (χ1n) is 6.12. The van der Waals surface area contributed by atoms with Crippen LogP contribution in [-0.4, -0.2) is 24.0 Å². The largest absolute Gasteiger partial charge is 0.351 e. The minimum atomic E-state index is 0.0573. The molecule has 0 spiro atoms. The Balaban J connectivity index is 1.66. The molecule has 1 aliphatic rings. The fourth-order valence-electron chi connectivity index (χ4n) is 1.67. The monoisotopic (exact) mass is 233 g/mol. The lowest BCUT2D eigenvalue weighted by Crippen LogP contribution is -2.34. The molecule has 2 N–H and O–H groups in total. The normalized spacial score (nSPS) is 14.6. The van der Waals surface area contributed by atoms with Gasteiger partial charge in [0, 0.05) is 18.9 Å². The first-order chi connectivity index (χ1) is 8.25. The van der Waals surface area contributed by atoms with Crippen LogP contribution in [-0.2, 0) is 11.3 Å². The highest BCUT2D eigenvalue weighted by molar-refractivity contribution is 5.77. The van der Waals surface area contributed by atoms with E-state index in [-0.39, 0.29) is 5.91 Å². The van der Waals surface area contributed by atoms with Gasteiger partial charge in [-0.25, -0.2) is 0 Å². The molecule has 1 saturated carbocycles. The lowest BCUT2D eigenvalue weighted by atomic mass is 10.1. The quantitative estimate of drug-likeness (QED) is 0.771. The van der Waals surface area contributed by atoms with E-state index in [2.05, 4.69) is 15.6 Å². The first-order valence-corrected chi connectivity index (χ1v) is 6.12. The van der Waals surface area contributed by atoms with Crippen LogP contribution in [0.3, 0.4) is 0 Å². The summed E-state index contributed by atoms with van der Waals surface area (Å²) in [7, 11) is 0. The second kappa shape index (κ2) is 5.77. The predicted molar refractivity (Wildman–Crippen MR) is 66.4 cm³/mol. The predicted octanol–water partition coefficient (Wildman–Crippen LogP) is 1.01. The van der Waals surface area contributed by atoms with Crippen molar-refractivity contribution in [3.63, 3.8) is 0 Å². The van der Waals surface area contributed by atoms with Crippen LogP contribution < -0.4 is 10.6 Å². The number of pyridine rings is 1. The Kier molecular flexibility index (Phi) is 4.09. The zero-order chi connectivity index (χ0) is 12.1. The molecule has 17 heavy (non-hydrogen) atoms. The van der Waals surface area contributed by atoms with E-state index >= 15 is 0 Å². The molecule has 1 aliphatic carbocycles. The van der Waals surface area contributed by atoms with Crippen LogP contribution in [0.5, 0.6) is 0 Å². The molecule has 1 aromatic heterocycles. The molecule has 0 bridgehead atoms. The molecule has 1 amide bonds. The first kappa shape index (κ1) is 12.0. The molecule has 0 unspecified atom stereocenters. The van der Waals surface area contributed by atoms with Gasteiger partial charge in [0.05, 0.1) is 6.54 Å². The van der Waals surface area contributed by atoms with Gasteiger partial charge in [0.25, 0.3) is 0 Å². The summed E-state index contributed by atoms with van der Waals surface area (Å²) < 4.78 is 0. The number of aromatic nitrogens is 1. The Morgan fingerprint density at radius 2 is 2.35 bits per heavy atom. The molecule has 92 valence electrons. The van der Waals surface area contributed by atoms with Gasteiger partial charge >= 0.3 is 0 Å². The van der Waals surface area contributed by atoms with Gasteiger partial charge in [0.2, 0.25) is 5.91 Å². The topological polar surface area (TPSA) is 54.0 Å². The molecule has 2 rings (SSSR count). The van der Waals surface area contributed by atoms with E-state index in [9.17, 15) is 4.79 Å². The summed E-state index contributed by atoms with van der Waals surface area (Å²) in [5.41, 5.74) is 2.23. The molecule has 1 heterocycles. The van der Waals surface area contributed by atoms with E-state index in [0.717, 1.165) is 23.6 Å². The summed E-state index contributed by atoms with van der Waals surface area (Å²) >= 11 is 0. The standard InChI is InChI=1S/C13H19N3O/c1-10-6-14-5-4-12(10)8-16-13(17)9-15-7-11-2-3-11/h4-6,11,15H,2-3,7-9H2,1H3,(H,16,17). The van der Waals surface area contributed by atoms with Crippen molar-refractivity contribution in [1.82, 2.24) is 15.6 Å². The van der Waals surface area contributed by atoms with E-state index in [0.29, 0.717) is 13.1 Å². The van der Waals surface area contributed by atoms with Gasteiger partial charge in [-0.05, 0) is 49.4 Å². The van der Waals surface area contributed by atoms with Crippen LogP contribution in [0.15, 0.2) is 18.5 Å². The van der Waals surface area contributed by atoms with Crippen molar-refractivity contribution < 1.29 is 4.79 Å². The van der Waals surface area contributed by atoms with Crippen LogP contribution in [0, 0.1) is 12.8 Å². The van der Waals surface area contributed by atoms with Gasteiger partial charge in [-0.1, -0.05) is 0 Å². The molecule has 0 aromatic carbocycles. The Morgan fingerprint density at radius 3 is 3.06 bits per heavy atom. The highest BCUT2D eigenvalue weighted by Crippen LogP contribution is 2.27. The molecule has 0 radical (unpaired) electrons. The van der Waals surface area contributed by atoms with Crippen molar-refractivity contribution in [2.24, 2.45) is 5.92 Å². The van der Waals surface area contributed by atoms with E-state index in [1.165, 1.54) is 12.8 Å². The number of rotatable bonds is 6. The lowest BCUT2D eigenvalue weighted by molar-refractivity contribution is -0.120. The van der Waals surface area contributed by atoms with Crippen molar-refractivity contribution in [3.05, 3.63) is 29.6 Å². The minimum absolute atomic E-state index is 0.0573. The number of nitrogens with one attached hydrogen (secondary N) is 2. The van der Waals surface area contributed by atoms with Gasteiger partial charge in [0.15, 0.2) is 0 Å². The maximum Gasteiger partial charge on any atom is 0.234 e. The average Bonchev–Trinajstić information content (AvgIpc) is 3.12.